The van der Waals surface area contributed by atoms with Crippen molar-refractivity contribution < 1.29 is 4.74 Å². The van der Waals surface area contributed by atoms with Gasteiger partial charge in [-0.05, 0) is 58.3 Å². The van der Waals surface area contributed by atoms with Crippen molar-refractivity contribution in [2.75, 3.05) is 39.8 Å². The van der Waals surface area contributed by atoms with Gasteiger partial charge in [0.2, 0.25) is 0 Å². The first-order chi connectivity index (χ1) is 8.18. The first-order valence-electron chi connectivity index (χ1n) is 7.19. The van der Waals surface area contributed by atoms with Crippen LogP contribution in [-0.2, 0) is 4.74 Å². The lowest BCUT2D eigenvalue weighted by molar-refractivity contribution is 0.0808. The third kappa shape index (κ3) is 7.74. The van der Waals surface area contributed by atoms with Crippen LogP contribution >= 0.6 is 0 Å². The van der Waals surface area contributed by atoms with Crippen LogP contribution in [0, 0.1) is 5.92 Å². The molecule has 0 aromatic rings. The summed E-state index contributed by atoms with van der Waals surface area (Å²) in [7, 11) is 2.21. The molecule has 3 heteroatoms. The Morgan fingerprint density at radius 2 is 2.18 bits per heavy atom. The van der Waals surface area contributed by atoms with E-state index < -0.39 is 0 Å². The summed E-state index contributed by atoms with van der Waals surface area (Å²) in [4.78, 5) is 2.42. The molecule has 1 saturated heterocycles. The summed E-state index contributed by atoms with van der Waals surface area (Å²) in [5.41, 5.74) is 0. The predicted octanol–water partition coefficient (Wildman–Crippen LogP) is 2.12. The molecular formula is C14H30N2O. The Bertz CT molecular complexity index is 179. The molecule has 17 heavy (non-hydrogen) atoms. The quantitative estimate of drug-likeness (QED) is 0.627. The molecule has 0 radical (unpaired) electrons. The molecule has 1 fully saturated rings. The van der Waals surface area contributed by atoms with E-state index in [0.29, 0.717) is 6.10 Å². The maximum Gasteiger partial charge on any atom is 0.0702 e. The summed E-state index contributed by atoms with van der Waals surface area (Å²) in [5.74, 6) is 0.761. The highest BCUT2D eigenvalue weighted by Crippen LogP contribution is 2.12. The average Bonchev–Trinajstić information content (AvgIpc) is 2.75. The number of nitrogens with zero attached hydrogens (tertiary/aromatic N) is 1. The largest absolute Gasteiger partial charge is 0.377 e. The summed E-state index contributed by atoms with van der Waals surface area (Å²) in [5, 5.41) is 3.49. The van der Waals surface area contributed by atoms with E-state index in [0.717, 1.165) is 32.2 Å². The van der Waals surface area contributed by atoms with Crippen molar-refractivity contribution in [3.05, 3.63) is 0 Å². The molecule has 1 aliphatic heterocycles. The topological polar surface area (TPSA) is 24.5 Å². The van der Waals surface area contributed by atoms with Gasteiger partial charge < -0.3 is 15.0 Å². The molecule has 1 N–H and O–H groups in total. The van der Waals surface area contributed by atoms with E-state index in [-0.39, 0.29) is 0 Å². The van der Waals surface area contributed by atoms with Crippen LogP contribution in [0.2, 0.25) is 0 Å². The summed E-state index contributed by atoms with van der Waals surface area (Å²) in [6, 6.07) is 0. The van der Waals surface area contributed by atoms with Gasteiger partial charge in [-0.15, -0.1) is 0 Å². The SMILES string of the molecule is CC(C)CNCCCCN(C)CC1CCCO1. The Morgan fingerprint density at radius 3 is 2.82 bits per heavy atom. The Balaban J connectivity index is 1.87. The maximum atomic E-state index is 5.64. The molecule has 0 aromatic carbocycles. The van der Waals surface area contributed by atoms with Gasteiger partial charge in [-0.2, -0.15) is 0 Å². The average molecular weight is 242 g/mol. The number of likely N-dealkylation sites (N-methyl/N-ethyl adjacent to an activating group) is 1. The lowest BCUT2D eigenvalue weighted by Crippen LogP contribution is -2.30. The summed E-state index contributed by atoms with van der Waals surface area (Å²) >= 11 is 0. The van der Waals surface area contributed by atoms with Crippen molar-refractivity contribution in [1.29, 1.82) is 0 Å². The molecule has 1 heterocycles. The van der Waals surface area contributed by atoms with Crippen molar-refractivity contribution in [3.8, 4) is 0 Å². The molecule has 1 unspecified atom stereocenters. The van der Waals surface area contributed by atoms with Crippen molar-refractivity contribution in [3.63, 3.8) is 0 Å². The molecule has 0 saturated carbocycles. The van der Waals surface area contributed by atoms with Gasteiger partial charge in [0.1, 0.15) is 0 Å². The summed E-state index contributed by atoms with van der Waals surface area (Å²) in [6.07, 6.45) is 5.56. The zero-order valence-electron chi connectivity index (χ0n) is 11.9. The lowest BCUT2D eigenvalue weighted by atomic mass is 10.2. The molecule has 0 aliphatic carbocycles. The Kier molecular flexibility index (Phi) is 7.82. The molecule has 0 bridgehead atoms. The smallest absolute Gasteiger partial charge is 0.0702 e. The summed E-state index contributed by atoms with van der Waals surface area (Å²) in [6.45, 7) is 10.1. The van der Waals surface area contributed by atoms with Crippen LogP contribution < -0.4 is 5.32 Å². The van der Waals surface area contributed by atoms with E-state index in [1.165, 1.54) is 32.2 Å². The summed E-state index contributed by atoms with van der Waals surface area (Å²) < 4.78 is 5.64. The second-order valence-corrected chi connectivity index (χ2v) is 5.70. The van der Waals surface area contributed by atoms with Crippen LogP contribution in [-0.4, -0.2) is 50.8 Å². The van der Waals surface area contributed by atoms with Gasteiger partial charge in [-0.3, -0.25) is 0 Å². The fraction of sp³-hybridized carbons (Fsp3) is 1.00. The standard InChI is InChI=1S/C14H30N2O/c1-13(2)11-15-8-4-5-9-16(3)12-14-7-6-10-17-14/h13-15H,4-12H2,1-3H3. The van der Waals surface area contributed by atoms with Gasteiger partial charge in [-0.25, -0.2) is 0 Å². The minimum Gasteiger partial charge on any atom is -0.377 e. The van der Waals surface area contributed by atoms with Gasteiger partial charge in [-0.1, -0.05) is 13.8 Å². The van der Waals surface area contributed by atoms with E-state index in [4.69, 9.17) is 4.74 Å². The predicted molar refractivity (Wildman–Crippen MR) is 73.4 cm³/mol. The molecule has 0 aromatic heterocycles. The first-order valence-corrected chi connectivity index (χ1v) is 7.19. The molecule has 1 aliphatic rings. The Morgan fingerprint density at radius 1 is 1.35 bits per heavy atom. The minimum absolute atomic E-state index is 0.499. The second-order valence-electron chi connectivity index (χ2n) is 5.70. The highest BCUT2D eigenvalue weighted by atomic mass is 16.5. The van der Waals surface area contributed by atoms with Crippen LogP contribution in [0.3, 0.4) is 0 Å². The zero-order chi connectivity index (χ0) is 12.5. The van der Waals surface area contributed by atoms with Crippen molar-refractivity contribution >= 4 is 0 Å². The first kappa shape index (κ1) is 14.9. The van der Waals surface area contributed by atoms with E-state index >= 15 is 0 Å². The van der Waals surface area contributed by atoms with E-state index in [9.17, 15) is 0 Å². The van der Waals surface area contributed by atoms with Crippen LogP contribution in [0.4, 0.5) is 0 Å². The Labute approximate surface area is 107 Å². The Hall–Kier alpha value is -0.120. The molecule has 1 rings (SSSR count). The fourth-order valence-corrected chi connectivity index (χ4v) is 2.25. The van der Waals surface area contributed by atoms with Crippen LogP contribution in [0.1, 0.15) is 39.5 Å². The number of rotatable bonds is 9. The lowest BCUT2D eigenvalue weighted by Gasteiger charge is -2.20. The molecule has 0 spiro atoms. The number of unbranched alkanes of at least 4 members (excludes halogenated alkanes) is 1. The molecule has 1 atom stereocenters. The third-order valence-corrected chi connectivity index (χ3v) is 3.24. The number of nitrogens with one attached hydrogen (secondary N) is 1. The molecular weight excluding hydrogens is 212 g/mol. The van der Waals surface area contributed by atoms with Crippen LogP contribution in [0.25, 0.3) is 0 Å². The monoisotopic (exact) mass is 242 g/mol. The number of hydrogen-bond acceptors (Lipinski definition) is 3. The van der Waals surface area contributed by atoms with Crippen molar-refractivity contribution in [1.82, 2.24) is 10.2 Å². The highest BCUT2D eigenvalue weighted by Gasteiger charge is 2.16. The van der Waals surface area contributed by atoms with Gasteiger partial charge in [0.05, 0.1) is 6.10 Å². The fourth-order valence-electron chi connectivity index (χ4n) is 2.25. The third-order valence-electron chi connectivity index (χ3n) is 3.24. The second kappa shape index (κ2) is 8.90. The highest BCUT2D eigenvalue weighted by molar-refractivity contribution is 4.68. The minimum atomic E-state index is 0.499. The van der Waals surface area contributed by atoms with E-state index in [1.807, 2.05) is 0 Å². The van der Waals surface area contributed by atoms with Gasteiger partial charge in [0.15, 0.2) is 0 Å². The number of ether oxygens (including phenoxy) is 1. The zero-order valence-corrected chi connectivity index (χ0v) is 11.9. The maximum absolute atomic E-state index is 5.64. The van der Waals surface area contributed by atoms with Crippen LogP contribution in [0.5, 0.6) is 0 Å². The molecule has 0 amide bonds. The van der Waals surface area contributed by atoms with Gasteiger partial charge >= 0.3 is 0 Å². The molecule has 102 valence electrons. The van der Waals surface area contributed by atoms with E-state index in [1.54, 1.807) is 0 Å². The normalized spacial score (nSPS) is 20.6. The van der Waals surface area contributed by atoms with Crippen molar-refractivity contribution in [2.24, 2.45) is 5.92 Å². The van der Waals surface area contributed by atoms with Crippen LogP contribution in [0.15, 0.2) is 0 Å². The van der Waals surface area contributed by atoms with Gasteiger partial charge in [0.25, 0.3) is 0 Å². The van der Waals surface area contributed by atoms with Crippen molar-refractivity contribution in [2.45, 2.75) is 45.6 Å². The van der Waals surface area contributed by atoms with Gasteiger partial charge in [0, 0.05) is 13.2 Å². The number of hydrogen-bond donors (Lipinski definition) is 1. The van der Waals surface area contributed by atoms with E-state index in [2.05, 4.69) is 31.1 Å². The molecule has 3 nitrogen and oxygen atoms in total.